The van der Waals surface area contributed by atoms with Crippen LogP contribution in [0.5, 0.6) is 0 Å². The zero-order valence-electron chi connectivity index (χ0n) is 11.2. The quantitative estimate of drug-likeness (QED) is 0.805. The van der Waals surface area contributed by atoms with Gasteiger partial charge in [-0.15, -0.1) is 0 Å². The fraction of sp³-hybridized carbons (Fsp3) is 0.312. The molecule has 1 unspecified atom stereocenters. The highest BCUT2D eigenvalue weighted by Gasteiger charge is 2.04. The maximum atomic E-state index is 11.3. The normalized spacial score (nSPS) is 12.4. The Hall–Kier alpha value is -1.83. The van der Waals surface area contributed by atoms with Gasteiger partial charge in [0.2, 0.25) is 5.56 Å². The van der Waals surface area contributed by atoms with Crippen molar-refractivity contribution in [2.24, 2.45) is 7.05 Å². The van der Waals surface area contributed by atoms with E-state index >= 15 is 0 Å². The lowest BCUT2D eigenvalue weighted by molar-refractivity contribution is 0.734. The Balaban J connectivity index is 2.34. The van der Waals surface area contributed by atoms with Crippen LogP contribution in [-0.4, -0.2) is 4.57 Å². The molecule has 94 valence electrons. The summed E-state index contributed by atoms with van der Waals surface area (Å²) in [5, 5.41) is 0. The van der Waals surface area contributed by atoms with Gasteiger partial charge < -0.3 is 4.57 Å². The number of aryl methyl sites for hydroxylation is 1. The molecule has 2 aromatic rings. The van der Waals surface area contributed by atoms with E-state index in [1.54, 1.807) is 17.7 Å². The summed E-state index contributed by atoms with van der Waals surface area (Å²) in [4.78, 5) is 11.3. The summed E-state index contributed by atoms with van der Waals surface area (Å²) in [5.74, 6) is 0.596. The summed E-state index contributed by atoms with van der Waals surface area (Å²) in [7, 11) is 1.78. The molecule has 0 fully saturated rings. The molecule has 0 saturated carbocycles. The molecule has 1 aromatic heterocycles. The molecule has 1 heterocycles. The van der Waals surface area contributed by atoms with E-state index < -0.39 is 0 Å². The minimum Gasteiger partial charge on any atom is -0.318 e. The van der Waals surface area contributed by atoms with Gasteiger partial charge in [-0.05, 0) is 35.1 Å². The van der Waals surface area contributed by atoms with Crippen molar-refractivity contribution in [1.29, 1.82) is 0 Å². The molecule has 2 heteroatoms. The largest absolute Gasteiger partial charge is 0.318 e. The predicted octanol–water partition coefficient (Wildman–Crippen LogP) is 3.57. The monoisotopic (exact) mass is 241 g/mol. The lowest BCUT2D eigenvalue weighted by Crippen LogP contribution is -2.13. The lowest BCUT2D eigenvalue weighted by Gasteiger charge is -2.10. The molecular weight excluding hydrogens is 222 g/mol. The summed E-state index contributed by atoms with van der Waals surface area (Å²) in [5.41, 5.74) is 3.62. The molecule has 0 aliphatic carbocycles. The zero-order valence-corrected chi connectivity index (χ0v) is 11.2. The third-order valence-electron chi connectivity index (χ3n) is 3.51. The first-order chi connectivity index (χ1) is 8.61. The van der Waals surface area contributed by atoms with Crippen molar-refractivity contribution in [1.82, 2.24) is 4.57 Å². The van der Waals surface area contributed by atoms with Crippen LogP contribution in [0, 0.1) is 0 Å². The number of aromatic nitrogens is 1. The molecule has 0 bridgehead atoms. The van der Waals surface area contributed by atoms with E-state index in [0.29, 0.717) is 5.92 Å². The molecule has 0 aliphatic rings. The summed E-state index contributed by atoms with van der Waals surface area (Å²) in [6.45, 7) is 4.44. The van der Waals surface area contributed by atoms with Gasteiger partial charge in [0.25, 0.3) is 0 Å². The summed E-state index contributed by atoms with van der Waals surface area (Å²) >= 11 is 0. The Morgan fingerprint density at radius 3 is 2.22 bits per heavy atom. The van der Waals surface area contributed by atoms with Crippen LogP contribution in [0.3, 0.4) is 0 Å². The van der Waals surface area contributed by atoms with E-state index in [9.17, 15) is 4.79 Å². The highest BCUT2D eigenvalue weighted by Crippen LogP contribution is 2.23. The van der Waals surface area contributed by atoms with Crippen molar-refractivity contribution in [3.05, 3.63) is 58.5 Å². The lowest BCUT2D eigenvalue weighted by atomic mass is 9.96. The van der Waals surface area contributed by atoms with Gasteiger partial charge in [-0.3, -0.25) is 4.79 Å². The first-order valence-electron chi connectivity index (χ1n) is 6.39. The average Bonchev–Trinajstić information content (AvgIpc) is 2.41. The van der Waals surface area contributed by atoms with Crippen LogP contribution < -0.4 is 5.56 Å². The van der Waals surface area contributed by atoms with Crippen LogP contribution in [0.2, 0.25) is 0 Å². The van der Waals surface area contributed by atoms with Crippen LogP contribution in [0.4, 0.5) is 0 Å². The summed E-state index contributed by atoms with van der Waals surface area (Å²) in [6, 6.07) is 12.1. The first-order valence-corrected chi connectivity index (χ1v) is 6.39. The number of hydrogen-bond acceptors (Lipinski definition) is 1. The van der Waals surface area contributed by atoms with Crippen molar-refractivity contribution in [2.75, 3.05) is 0 Å². The Kier molecular flexibility index (Phi) is 3.66. The van der Waals surface area contributed by atoms with Gasteiger partial charge in [-0.2, -0.15) is 0 Å². The third-order valence-corrected chi connectivity index (χ3v) is 3.51. The number of rotatable bonds is 3. The standard InChI is InChI=1S/C16H19NO/c1-4-12(2)13-5-7-14(8-6-13)15-9-10-16(18)17(3)11-15/h5-12H,4H2,1-3H3. The number of benzene rings is 1. The van der Waals surface area contributed by atoms with Gasteiger partial charge in [0.15, 0.2) is 0 Å². The number of nitrogens with zero attached hydrogens (tertiary/aromatic N) is 1. The molecule has 0 amide bonds. The molecule has 0 N–H and O–H groups in total. The van der Waals surface area contributed by atoms with Gasteiger partial charge >= 0.3 is 0 Å². The minimum absolute atomic E-state index is 0.0231. The summed E-state index contributed by atoms with van der Waals surface area (Å²) < 4.78 is 1.61. The van der Waals surface area contributed by atoms with E-state index in [2.05, 4.69) is 38.1 Å². The van der Waals surface area contributed by atoms with Gasteiger partial charge in [-0.1, -0.05) is 38.1 Å². The molecule has 2 rings (SSSR count). The molecule has 1 atom stereocenters. The van der Waals surface area contributed by atoms with Crippen LogP contribution in [-0.2, 0) is 7.05 Å². The van der Waals surface area contributed by atoms with E-state index in [1.165, 1.54) is 5.56 Å². The maximum absolute atomic E-state index is 11.3. The highest BCUT2D eigenvalue weighted by atomic mass is 16.1. The Labute approximate surface area is 108 Å². The SMILES string of the molecule is CCC(C)c1ccc(-c2ccc(=O)n(C)c2)cc1. The van der Waals surface area contributed by atoms with Crippen LogP contribution in [0.15, 0.2) is 47.4 Å². The van der Waals surface area contributed by atoms with Crippen LogP contribution in [0.1, 0.15) is 31.7 Å². The van der Waals surface area contributed by atoms with Gasteiger partial charge in [0, 0.05) is 19.3 Å². The van der Waals surface area contributed by atoms with E-state index in [1.807, 2.05) is 12.3 Å². The second kappa shape index (κ2) is 5.21. The molecular formula is C16H19NO. The molecule has 0 aliphatic heterocycles. The Bertz CT molecular complexity index is 581. The van der Waals surface area contributed by atoms with Gasteiger partial charge in [0.05, 0.1) is 0 Å². The second-order valence-electron chi connectivity index (χ2n) is 4.80. The van der Waals surface area contributed by atoms with Gasteiger partial charge in [0.1, 0.15) is 0 Å². The second-order valence-corrected chi connectivity index (χ2v) is 4.80. The Morgan fingerprint density at radius 1 is 1.06 bits per heavy atom. The van der Waals surface area contributed by atoms with Crippen molar-refractivity contribution >= 4 is 0 Å². The molecule has 0 spiro atoms. The fourth-order valence-electron chi connectivity index (χ4n) is 2.00. The van der Waals surface area contributed by atoms with E-state index in [0.717, 1.165) is 17.5 Å². The number of pyridine rings is 1. The van der Waals surface area contributed by atoms with Gasteiger partial charge in [-0.25, -0.2) is 0 Å². The maximum Gasteiger partial charge on any atom is 0.250 e. The van der Waals surface area contributed by atoms with Crippen molar-refractivity contribution in [2.45, 2.75) is 26.2 Å². The third kappa shape index (κ3) is 2.53. The first kappa shape index (κ1) is 12.6. The van der Waals surface area contributed by atoms with Crippen molar-refractivity contribution in [3.8, 4) is 11.1 Å². The van der Waals surface area contributed by atoms with Crippen LogP contribution in [0.25, 0.3) is 11.1 Å². The van der Waals surface area contributed by atoms with Crippen molar-refractivity contribution < 1.29 is 0 Å². The Morgan fingerprint density at radius 2 is 1.67 bits per heavy atom. The molecule has 2 nitrogen and oxygen atoms in total. The average molecular weight is 241 g/mol. The van der Waals surface area contributed by atoms with Crippen molar-refractivity contribution in [3.63, 3.8) is 0 Å². The molecule has 0 radical (unpaired) electrons. The summed E-state index contributed by atoms with van der Waals surface area (Å²) in [6.07, 6.45) is 3.03. The molecule has 0 saturated heterocycles. The number of hydrogen-bond donors (Lipinski definition) is 0. The highest BCUT2D eigenvalue weighted by molar-refractivity contribution is 5.62. The zero-order chi connectivity index (χ0) is 13.1. The predicted molar refractivity (Wildman–Crippen MR) is 75.8 cm³/mol. The minimum atomic E-state index is 0.0231. The smallest absolute Gasteiger partial charge is 0.250 e. The van der Waals surface area contributed by atoms with E-state index in [-0.39, 0.29) is 5.56 Å². The topological polar surface area (TPSA) is 22.0 Å². The van der Waals surface area contributed by atoms with Crippen LogP contribution >= 0.6 is 0 Å². The molecule has 18 heavy (non-hydrogen) atoms. The molecule has 1 aromatic carbocycles. The fourth-order valence-corrected chi connectivity index (χ4v) is 2.00. The van der Waals surface area contributed by atoms with E-state index in [4.69, 9.17) is 0 Å².